The van der Waals surface area contributed by atoms with E-state index in [0.717, 1.165) is 23.1 Å². The number of benzene rings is 1. The van der Waals surface area contributed by atoms with Gasteiger partial charge >= 0.3 is 0 Å². The molecule has 1 aromatic rings. The molecule has 5 nitrogen and oxygen atoms in total. The van der Waals surface area contributed by atoms with Crippen molar-refractivity contribution in [1.82, 2.24) is 16.0 Å². The third kappa shape index (κ3) is 8.58. The van der Waals surface area contributed by atoms with E-state index in [0.29, 0.717) is 32.0 Å². The Morgan fingerprint density at radius 1 is 1.15 bits per heavy atom. The van der Waals surface area contributed by atoms with Crippen molar-refractivity contribution in [3.05, 3.63) is 34.9 Å². The summed E-state index contributed by atoms with van der Waals surface area (Å²) in [6.45, 7) is 4.56. The van der Waals surface area contributed by atoms with Crippen molar-refractivity contribution in [2.24, 2.45) is 10.9 Å². The Morgan fingerprint density at radius 2 is 1.85 bits per heavy atom. The van der Waals surface area contributed by atoms with E-state index in [-0.39, 0.29) is 29.9 Å². The van der Waals surface area contributed by atoms with Gasteiger partial charge in [0.25, 0.3) is 0 Å². The predicted molar refractivity (Wildman–Crippen MR) is 119 cm³/mol. The topological polar surface area (TPSA) is 65.5 Å². The summed E-state index contributed by atoms with van der Waals surface area (Å²) in [6.07, 6.45) is 5.61. The molecule has 0 atom stereocenters. The quantitative estimate of drug-likeness (QED) is 0.224. The summed E-state index contributed by atoms with van der Waals surface area (Å²) in [5.41, 5.74) is 0.992. The second-order valence-corrected chi connectivity index (χ2v) is 6.83. The van der Waals surface area contributed by atoms with Crippen molar-refractivity contribution in [1.29, 1.82) is 0 Å². The number of aliphatic imine (C=N–C) groups is 1. The van der Waals surface area contributed by atoms with E-state index in [2.05, 4.69) is 20.9 Å². The molecule has 0 heterocycles. The number of rotatable bonds is 8. The molecule has 7 heteroatoms. The number of carbonyl (C=O) groups is 1. The number of halogens is 2. The molecule has 26 heavy (non-hydrogen) atoms. The van der Waals surface area contributed by atoms with Gasteiger partial charge in [0.05, 0.1) is 6.54 Å². The first kappa shape index (κ1) is 23.0. The lowest BCUT2D eigenvalue weighted by atomic mass is 10.0. The Kier molecular flexibility index (Phi) is 11.7. The lowest BCUT2D eigenvalue weighted by Gasteiger charge is -2.13. The van der Waals surface area contributed by atoms with Gasteiger partial charge in [0, 0.05) is 31.1 Å². The number of hydrogen-bond acceptors (Lipinski definition) is 2. The summed E-state index contributed by atoms with van der Waals surface area (Å²) < 4.78 is 0. The molecule has 146 valence electrons. The number of nitrogens with one attached hydrogen (secondary N) is 3. The van der Waals surface area contributed by atoms with E-state index < -0.39 is 0 Å². The fraction of sp³-hybridized carbons (Fsp3) is 0.579. The van der Waals surface area contributed by atoms with Crippen LogP contribution in [0.2, 0.25) is 5.02 Å². The molecular formula is C19H30ClIN4O. The Labute approximate surface area is 178 Å². The predicted octanol–water partition coefficient (Wildman–Crippen LogP) is 3.71. The van der Waals surface area contributed by atoms with Gasteiger partial charge in [0.1, 0.15) is 0 Å². The van der Waals surface area contributed by atoms with Crippen LogP contribution < -0.4 is 16.0 Å². The summed E-state index contributed by atoms with van der Waals surface area (Å²) in [6, 6.07) is 7.70. The largest absolute Gasteiger partial charge is 0.357 e. The van der Waals surface area contributed by atoms with Gasteiger partial charge in [-0.25, -0.2) is 4.99 Å². The molecule has 0 radical (unpaired) electrons. The third-order valence-corrected chi connectivity index (χ3v) is 4.77. The highest BCUT2D eigenvalue weighted by molar-refractivity contribution is 14.0. The van der Waals surface area contributed by atoms with Gasteiger partial charge in [-0.3, -0.25) is 4.79 Å². The van der Waals surface area contributed by atoms with Crippen LogP contribution >= 0.6 is 35.6 Å². The average Bonchev–Trinajstić information content (AvgIpc) is 3.10. The van der Waals surface area contributed by atoms with E-state index in [1.54, 1.807) is 0 Å². The van der Waals surface area contributed by atoms with Crippen LogP contribution in [-0.4, -0.2) is 31.5 Å². The maximum atomic E-state index is 11.9. The number of carbonyl (C=O) groups excluding carboxylic acids is 1. The summed E-state index contributed by atoms with van der Waals surface area (Å²) >= 11 is 6.16. The maximum absolute atomic E-state index is 11.9. The van der Waals surface area contributed by atoms with Crippen LogP contribution in [0.1, 0.15) is 44.6 Å². The van der Waals surface area contributed by atoms with Gasteiger partial charge in [0.2, 0.25) is 5.91 Å². The Morgan fingerprint density at radius 3 is 2.54 bits per heavy atom. The van der Waals surface area contributed by atoms with Crippen LogP contribution in [0.4, 0.5) is 0 Å². The number of hydrogen-bond donors (Lipinski definition) is 3. The van der Waals surface area contributed by atoms with Crippen LogP contribution in [-0.2, 0) is 11.3 Å². The first-order valence-corrected chi connectivity index (χ1v) is 9.59. The van der Waals surface area contributed by atoms with E-state index >= 15 is 0 Å². The van der Waals surface area contributed by atoms with Crippen molar-refractivity contribution < 1.29 is 4.79 Å². The van der Waals surface area contributed by atoms with E-state index in [4.69, 9.17) is 11.6 Å². The molecule has 1 amide bonds. The highest BCUT2D eigenvalue weighted by atomic mass is 127. The van der Waals surface area contributed by atoms with Crippen molar-refractivity contribution in [3.63, 3.8) is 0 Å². The fourth-order valence-electron chi connectivity index (χ4n) is 3.06. The van der Waals surface area contributed by atoms with Crippen LogP contribution in [0.25, 0.3) is 0 Å². The standard InChI is InChI=1S/C19H29ClN4O.HI/c1-2-21-19(24-14-16-9-5-6-10-17(16)20)23-12-11-22-18(25)13-15-7-3-4-8-15;/h5-6,9-10,15H,2-4,7-8,11-14H2,1H3,(H,22,25)(H2,21,23,24);1H. The van der Waals surface area contributed by atoms with Crippen LogP contribution in [0.5, 0.6) is 0 Å². The SMILES string of the molecule is CCNC(=NCc1ccccc1Cl)NCCNC(=O)CC1CCCC1.I. The van der Waals surface area contributed by atoms with Gasteiger partial charge in [0.15, 0.2) is 5.96 Å². The average molecular weight is 493 g/mol. The minimum absolute atomic E-state index is 0. The first-order valence-electron chi connectivity index (χ1n) is 9.21. The van der Waals surface area contributed by atoms with Crippen molar-refractivity contribution >= 4 is 47.4 Å². The van der Waals surface area contributed by atoms with Gasteiger partial charge in [-0.05, 0) is 37.3 Å². The van der Waals surface area contributed by atoms with Gasteiger partial charge in [-0.2, -0.15) is 0 Å². The molecule has 0 saturated heterocycles. The molecule has 3 N–H and O–H groups in total. The number of guanidine groups is 1. The number of amides is 1. The molecule has 2 rings (SSSR count). The van der Waals surface area contributed by atoms with Crippen molar-refractivity contribution in [3.8, 4) is 0 Å². The van der Waals surface area contributed by atoms with Crippen molar-refractivity contribution in [2.75, 3.05) is 19.6 Å². The molecule has 1 fully saturated rings. The zero-order chi connectivity index (χ0) is 17.9. The zero-order valence-electron chi connectivity index (χ0n) is 15.4. The molecule has 1 saturated carbocycles. The second kappa shape index (κ2) is 13.2. The van der Waals surface area contributed by atoms with Gasteiger partial charge < -0.3 is 16.0 Å². The normalized spacial score (nSPS) is 14.6. The molecule has 1 aliphatic carbocycles. The molecular weight excluding hydrogens is 463 g/mol. The van der Waals surface area contributed by atoms with E-state index in [1.165, 1.54) is 25.7 Å². The Bertz CT molecular complexity index is 576. The maximum Gasteiger partial charge on any atom is 0.220 e. The Balaban J connectivity index is 0.00000338. The highest BCUT2D eigenvalue weighted by Gasteiger charge is 2.17. The summed E-state index contributed by atoms with van der Waals surface area (Å²) in [7, 11) is 0. The lowest BCUT2D eigenvalue weighted by Crippen LogP contribution is -2.41. The molecule has 0 unspecified atom stereocenters. The van der Waals surface area contributed by atoms with Crippen LogP contribution in [0.15, 0.2) is 29.3 Å². The highest BCUT2D eigenvalue weighted by Crippen LogP contribution is 2.27. The smallest absolute Gasteiger partial charge is 0.220 e. The summed E-state index contributed by atoms with van der Waals surface area (Å²) in [5, 5.41) is 10.2. The minimum Gasteiger partial charge on any atom is -0.357 e. The summed E-state index contributed by atoms with van der Waals surface area (Å²) in [5.74, 6) is 1.47. The Hall–Kier alpha value is -1.02. The third-order valence-electron chi connectivity index (χ3n) is 4.40. The summed E-state index contributed by atoms with van der Waals surface area (Å²) in [4.78, 5) is 16.5. The molecule has 0 aliphatic heterocycles. The molecule has 1 aromatic carbocycles. The fourth-order valence-corrected chi connectivity index (χ4v) is 3.26. The number of nitrogens with zero attached hydrogens (tertiary/aromatic N) is 1. The molecule has 0 bridgehead atoms. The minimum atomic E-state index is 0. The van der Waals surface area contributed by atoms with Crippen LogP contribution in [0, 0.1) is 5.92 Å². The van der Waals surface area contributed by atoms with E-state index in [9.17, 15) is 4.79 Å². The van der Waals surface area contributed by atoms with Gasteiger partial charge in [-0.1, -0.05) is 42.6 Å². The first-order chi connectivity index (χ1) is 12.2. The zero-order valence-corrected chi connectivity index (χ0v) is 18.5. The van der Waals surface area contributed by atoms with Crippen molar-refractivity contribution in [2.45, 2.75) is 45.6 Å². The van der Waals surface area contributed by atoms with Crippen LogP contribution in [0.3, 0.4) is 0 Å². The lowest BCUT2D eigenvalue weighted by molar-refractivity contribution is -0.121. The molecule has 0 aromatic heterocycles. The van der Waals surface area contributed by atoms with Gasteiger partial charge in [-0.15, -0.1) is 24.0 Å². The molecule has 1 aliphatic rings. The molecule has 0 spiro atoms. The monoisotopic (exact) mass is 492 g/mol. The van der Waals surface area contributed by atoms with E-state index in [1.807, 2.05) is 31.2 Å². The second-order valence-electron chi connectivity index (χ2n) is 6.42.